The Kier molecular flexibility index (Phi) is 62.5. The fourth-order valence-corrected chi connectivity index (χ4v) is 15.1. The summed E-state index contributed by atoms with van der Waals surface area (Å²) in [4.78, 5) is 24.5. The third-order valence-electron chi connectivity index (χ3n) is 23.4. The maximum absolute atomic E-state index is 12.5. The minimum atomic E-state index is -1.57. The zero-order chi connectivity index (χ0) is 90.5. The van der Waals surface area contributed by atoms with Crippen molar-refractivity contribution in [1.82, 2.24) is 0 Å². The monoisotopic (exact) mass is 1770 g/mol. The van der Waals surface area contributed by atoms with Crippen LogP contribution >= 0.6 is 0 Å². The summed E-state index contributed by atoms with van der Waals surface area (Å²) in [6.07, 6.45) is 2.39. The van der Waals surface area contributed by atoms with Gasteiger partial charge in [-0.15, -0.1) is 0 Å². The van der Waals surface area contributed by atoms with E-state index in [0.717, 1.165) is 77.0 Å². The van der Waals surface area contributed by atoms with Gasteiger partial charge >= 0.3 is 11.9 Å². The van der Waals surface area contributed by atoms with Crippen molar-refractivity contribution >= 4 is 11.9 Å². The Hall–Kier alpha value is -2.34. The highest BCUT2D eigenvalue weighted by atomic mass is 16.7. The first-order chi connectivity index (χ1) is 58.5. The molecule has 6 aliphatic heterocycles. The average Bonchev–Trinajstić information content (AvgIpc) is 0.822. The second-order valence-electron chi connectivity index (χ2n) is 33.7. The number of carbonyl (C=O) groups is 2. The highest BCUT2D eigenvalue weighted by molar-refractivity contribution is 5.72. The number of unbranched alkanes of at least 4 members (excludes halogenated alkanes) is 30. The third-order valence-corrected chi connectivity index (χ3v) is 23.4. The number of aliphatic hydroxyl groups is 22. The lowest BCUT2D eigenvalue weighted by Gasteiger charge is -2.41. The molecule has 22 N–H and O–H groups in total. The van der Waals surface area contributed by atoms with E-state index in [0.29, 0.717) is 26.1 Å². The van der Waals surface area contributed by atoms with Gasteiger partial charge in [0, 0.05) is 19.6 Å². The van der Waals surface area contributed by atoms with Crippen LogP contribution in [0.2, 0.25) is 0 Å². The van der Waals surface area contributed by atoms with Gasteiger partial charge in [-0.1, -0.05) is 234 Å². The van der Waals surface area contributed by atoms with Gasteiger partial charge in [-0.05, 0) is 25.7 Å². The topological polar surface area (TPSA) is 590 Å². The van der Waals surface area contributed by atoms with E-state index in [1.54, 1.807) is 6.92 Å². The molecule has 0 aromatic rings. The number of hydrogen-bond donors (Lipinski definition) is 22. The van der Waals surface area contributed by atoms with E-state index in [-0.39, 0.29) is 52.0 Å². The number of rotatable bonds is 57. The van der Waals surface area contributed by atoms with Crippen LogP contribution in [-0.4, -0.2) is 387 Å². The number of carbonyl (C=O) groups excluding carboxylic acids is 2. The van der Waals surface area contributed by atoms with Crippen LogP contribution in [0.5, 0.6) is 0 Å². The summed E-state index contributed by atoms with van der Waals surface area (Å²) in [5.41, 5.74) is 0. The maximum Gasteiger partial charge on any atom is 0.308 e. The third kappa shape index (κ3) is 41.8. The molecular weight excluding hydrogens is 1610 g/mol. The smallest absolute Gasteiger partial charge is 0.308 e. The van der Waals surface area contributed by atoms with Gasteiger partial charge in [0.05, 0.1) is 58.8 Å². The molecule has 6 heterocycles. The fourth-order valence-electron chi connectivity index (χ4n) is 15.1. The van der Waals surface area contributed by atoms with Gasteiger partial charge < -0.3 is 169 Å². The molecule has 13 unspecified atom stereocenters. The Morgan fingerprint density at radius 3 is 0.762 bits per heavy atom. The maximum atomic E-state index is 12.5. The van der Waals surface area contributed by atoms with Gasteiger partial charge in [-0.25, -0.2) is 0 Å². The number of hydrogen-bond acceptors (Lipinski definition) is 36. The molecular formula is C86H164O36. The van der Waals surface area contributed by atoms with Gasteiger partial charge in [0.15, 0.2) is 12.6 Å². The highest BCUT2D eigenvalue weighted by Crippen LogP contribution is 2.30. The first-order valence-corrected chi connectivity index (χ1v) is 45.9. The molecule has 36 heteroatoms. The highest BCUT2D eigenvalue weighted by Gasteiger charge is 2.50. The zero-order valence-electron chi connectivity index (χ0n) is 73.4. The summed E-state index contributed by atoms with van der Waals surface area (Å²) in [6, 6.07) is 0. The second-order valence-corrected chi connectivity index (χ2v) is 33.7. The van der Waals surface area contributed by atoms with Crippen LogP contribution in [0.1, 0.15) is 266 Å². The minimum absolute atomic E-state index is 0.242. The first kappa shape index (κ1) is 114. The van der Waals surface area contributed by atoms with Gasteiger partial charge in [0.25, 0.3) is 0 Å². The van der Waals surface area contributed by atoms with Crippen LogP contribution in [-0.2, 0) is 66.4 Å². The van der Waals surface area contributed by atoms with Crippen LogP contribution in [0.25, 0.3) is 0 Å². The molecule has 6 fully saturated rings. The number of esters is 2. The Morgan fingerprint density at radius 1 is 0.254 bits per heavy atom. The Morgan fingerprint density at radius 2 is 0.475 bits per heavy atom. The predicted octanol–water partition coefficient (Wildman–Crippen LogP) is 0.842. The first-order valence-electron chi connectivity index (χ1n) is 45.9. The summed E-state index contributed by atoms with van der Waals surface area (Å²) >= 11 is 0. The standard InChI is InChI=1S/C31H58O12.C23H42O12.C18H36O6.C14H28O6/c1-3-4-5-6-7-8-9-10-11-12-13-14-15-20(2)31(39)41-19-24-28(36)30(38)27(35)23(43-24)18-40-17-22-26(34)29(37)25(33)21(16-32)42-22;1-2-3-4-5-6-7-8-17(25)33-12-16-21(29)23(31)20(28)15(35-16)11-32-10-14-19(27)22(30)18(26)13(9-24)34-14;1-2-3-4-5-6-7-8-9-10-11-12-23-18-17(22)16(21)15(20)14(13-19)24-18;1-2-3-4-5-6-7-8-19-14-13(18)12(17)11(16)10(9-15)20-14/h20-30,32-38H,3-19H2,1-2H3;13-16,18-24,26-31H,2-12H2,1H3;14-22H,2-13H2,1H3;10-18H,2-9H2,1H3/t20?,21?,22-,23+,24?,25-,26?,27+,28+,29-,30?;13?,14-,15+,16?,18-,19?,20+,21+,22-,23?;14?,15-,16-,17?,18-;10?,11-,12-,13?,14-/m1111/s1. The Labute approximate surface area is 722 Å². The molecule has 6 saturated heterocycles. The summed E-state index contributed by atoms with van der Waals surface area (Å²) in [7, 11) is 0. The predicted molar refractivity (Wildman–Crippen MR) is 442 cm³/mol. The van der Waals surface area contributed by atoms with E-state index in [2.05, 4.69) is 27.7 Å². The summed E-state index contributed by atoms with van der Waals surface area (Å²) in [5.74, 6) is -1.18. The number of ether oxygens (including phenoxy) is 12. The van der Waals surface area contributed by atoms with Crippen molar-refractivity contribution in [3.05, 3.63) is 0 Å². The zero-order valence-corrected chi connectivity index (χ0v) is 73.4. The SMILES string of the molecule is CCCCCCCCC(=O)OCC1O[C@@H](COC[C@H]2OC(CO)[C@@H](O)[C@@H](O)C2O)[C@H](O)C(O)[C@H]1O.CCCCCCCCCCCCCCC(C)C(=O)OCC1O[C@@H](COC[C@H]2OC(CO)[C@@H](O)[C@@H](O)C2O)[C@H](O)C(O)[C@H]1O.CCCCCCCCCCCCO[C@@H]1OC(CO)[C@@H](O)[C@@H](O)C1O.CCCCCCCCO[C@@H]1OC(CO)[C@@H](O)[C@@H](O)C1O. The van der Waals surface area contributed by atoms with Crippen LogP contribution in [0, 0.1) is 5.92 Å². The van der Waals surface area contributed by atoms with Crippen molar-refractivity contribution in [1.29, 1.82) is 0 Å². The lowest BCUT2D eigenvalue weighted by Crippen LogP contribution is -2.61. The summed E-state index contributed by atoms with van der Waals surface area (Å²) in [5, 5.41) is 216. The molecule has 0 amide bonds. The van der Waals surface area contributed by atoms with Crippen molar-refractivity contribution in [3.63, 3.8) is 0 Å². The molecule has 724 valence electrons. The van der Waals surface area contributed by atoms with Crippen LogP contribution in [0.4, 0.5) is 0 Å². The molecule has 6 rings (SSSR count). The van der Waals surface area contributed by atoms with Crippen LogP contribution in [0.3, 0.4) is 0 Å². The molecule has 36 nitrogen and oxygen atoms in total. The normalized spacial score (nSPS) is 34.4. The van der Waals surface area contributed by atoms with Crippen molar-refractivity contribution in [2.45, 2.75) is 449 Å². The van der Waals surface area contributed by atoms with Crippen LogP contribution < -0.4 is 0 Å². The average molecular weight is 1770 g/mol. The van der Waals surface area contributed by atoms with E-state index in [9.17, 15) is 112 Å². The van der Waals surface area contributed by atoms with E-state index in [1.807, 2.05) is 0 Å². The van der Waals surface area contributed by atoms with Gasteiger partial charge in [-0.2, -0.15) is 0 Å². The summed E-state index contributed by atoms with van der Waals surface area (Å²) in [6.45, 7) is 7.70. The van der Waals surface area contributed by atoms with Crippen molar-refractivity contribution in [2.75, 3.05) is 79.3 Å². The van der Waals surface area contributed by atoms with Gasteiger partial charge in [0.2, 0.25) is 0 Å². The lowest BCUT2D eigenvalue weighted by atomic mass is 9.95. The second kappa shape index (κ2) is 66.9. The van der Waals surface area contributed by atoms with Crippen molar-refractivity contribution in [2.24, 2.45) is 5.92 Å². The lowest BCUT2D eigenvalue weighted by molar-refractivity contribution is -0.301. The molecule has 0 radical (unpaired) electrons. The van der Waals surface area contributed by atoms with Crippen LogP contribution in [0.15, 0.2) is 0 Å². The molecule has 0 spiro atoms. The van der Waals surface area contributed by atoms with E-state index < -0.39 is 222 Å². The molecule has 0 aromatic heterocycles. The van der Waals surface area contributed by atoms with Gasteiger partial charge in [0.1, 0.15) is 184 Å². The largest absolute Gasteiger partial charge is 0.463 e. The fraction of sp³-hybridized carbons (Fsp3) is 0.977. The Bertz CT molecular complexity index is 2520. The molecule has 0 aliphatic carbocycles. The van der Waals surface area contributed by atoms with Gasteiger partial charge in [-0.3, -0.25) is 9.59 Å². The molecule has 122 heavy (non-hydrogen) atoms. The molecule has 0 aromatic carbocycles. The molecule has 6 aliphatic rings. The van der Waals surface area contributed by atoms with E-state index in [4.69, 9.17) is 67.1 Å². The molecule has 31 atom stereocenters. The summed E-state index contributed by atoms with van der Waals surface area (Å²) < 4.78 is 64.9. The molecule has 0 bridgehead atoms. The van der Waals surface area contributed by atoms with Crippen molar-refractivity contribution in [3.8, 4) is 0 Å². The Balaban J connectivity index is 0.000000438. The quantitative estimate of drug-likeness (QED) is 0.0296. The van der Waals surface area contributed by atoms with E-state index >= 15 is 0 Å². The van der Waals surface area contributed by atoms with Crippen molar-refractivity contribution < 1.29 is 179 Å². The van der Waals surface area contributed by atoms with E-state index in [1.165, 1.54) is 135 Å². The minimum Gasteiger partial charge on any atom is -0.463 e. The molecule has 0 saturated carbocycles. The number of aliphatic hydroxyl groups excluding tert-OH is 22.